The fraction of sp³-hybridized carbons (Fsp3) is 0.125. The van der Waals surface area contributed by atoms with Crippen molar-refractivity contribution >= 4 is 44.3 Å². The van der Waals surface area contributed by atoms with Gasteiger partial charge in [-0.3, -0.25) is 5.43 Å². The minimum absolute atomic E-state index is 0.271. The minimum atomic E-state index is -0.344. The molecule has 3 aromatic rings. The first-order valence-corrected chi connectivity index (χ1v) is 8.09. The summed E-state index contributed by atoms with van der Waals surface area (Å²) in [7, 11) is 0. The molecule has 0 spiro atoms. The van der Waals surface area contributed by atoms with Gasteiger partial charge < -0.3 is 9.64 Å². The van der Waals surface area contributed by atoms with E-state index in [0.717, 1.165) is 15.9 Å². The van der Waals surface area contributed by atoms with Gasteiger partial charge in [-0.05, 0) is 46.3 Å². The van der Waals surface area contributed by atoms with E-state index < -0.39 is 0 Å². The predicted octanol–water partition coefficient (Wildman–Crippen LogP) is 3.35. The molecule has 8 heteroatoms. The highest BCUT2D eigenvalue weighted by Crippen LogP contribution is 2.42. The summed E-state index contributed by atoms with van der Waals surface area (Å²) in [5.74, 6) is 6.72. The number of benzene rings is 2. The molecule has 0 saturated heterocycles. The largest absolute Gasteiger partial charge is 0.488 e. The number of hydrogen-bond acceptors (Lipinski definition) is 6. The molecule has 1 aromatic heterocycles. The zero-order valence-corrected chi connectivity index (χ0v) is 14.0. The van der Waals surface area contributed by atoms with Crippen molar-refractivity contribution in [3.05, 3.63) is 46.7 Å². The molecule has 1 aliphatic heterocycles. The van der Waals surface area contributed by atoms with Crippen LogP contribution in [0.2, 0.25) is 0 Å². The second-order valence-corrected chi connectivity index (χ2v) is 6.12. The number of nitrogen functional groups attached to an aromatic ring is 1. The average molecular weight is 390 g/mol. The number of nitrogens with two attached hydrogens (primary N) is 1. The lowest BCUT2D eigenvalue weighted by atomic mass is 10.2. The molecule has 1 aliphatic rings. The topological polar surface area (TPSA) is 76.3 Å². The highest BCUT2D eigenvalue weighted by Gasteiger charge is 2.24. The van der Waals surface area contributed by atoms with Crippen molar-refractivity contribution in [2.45, 2.75) is 0 Å². The second kappa shape index (κ2) is 5.88. The SMILES string of the molecule is NNc1nc(N2CCOc3c(Br)cccc32)c2cc(F)ccc2n1. The molecular formula is C16H13BrFN5O. The standard InChI is InChI=1S/C16H13BrFN5O/c17-11-2-1-3-13-14(11)24-7-6-23(13)15-10-8-9(18)4-5-12(10)20-16(21-15)22-19/h1-5,8H,6-7,19H2,(H,20,21,22). The Hall–Kier alpha value is -2.45. The summed E-state index contributed by atoms with van der Waals surface area (Å²) in [6, 6.07) is 10.2. The number of rotatable bonds is 2. The maximum Gasteiger partial charge on any atom is 0.239 e. The summed E-state index contributed by atoms with van der Waals surface area (Å²) in [4.78, 5) is 10.7. The number of ether oxygens (including phenoxy) is 1. The van der Waals surface area contributed by atoms with Crippen LogP contribution in [0.5, 0.6) is 5.75 Å². The highest BCUT2D eigenvalue weighted by molar-refractivity contribution is 9.10. The first-order chi connectivity index (χ1) is 11.7. The summed E-state index contributed by atoms with van der Waals surface area (Å²) in [5, 5.41) is 0.613. The van der Waals surface area contributed by atoms with Crippen molar-refractivity contribution in [2.24, 2.45) is 5.84 Å². The molecule has 0 unspecified atom stereocenters. The molecule has 0 saturated carbocycles. The van der Waals surface area contributed by atoms with Gasteiger partial charge in [-0.1, -0.05) is 6.07 Å². The van der Waals surface area contributed by atoms with Gasteiger partial charge in [-0.15, -0.1) is 0 Å². The Bertz CT molecular complexity index is 936. The van der Waals surface area contributed by atoms with Crippen LogP contribution < -0.4 is 20.9 Å². The van der Waals surface area contributed by atoms with Crippen molar-refractivity contribution in [3.63, 3.8) is 0 Å². The Morgan fingerprint density at radius 2 is 2.12 bits per heavy atom. The highest BCUT2D eigenvalue weighted by atomic mass is 79.9. The fourth-order valence-electron chi connectivity index (χ4n) is 2.79. The Kier molecular flexibility index (Phi) is 3.70. The molecule has 0 aliphatic carbocycles. The molecule has 2 aromatic carbocycles. The zero-order chi connectivity index (χ0) is 16.7. The van der Waals surface area contributed by atoms with Crippen LogP contribution in [-0.2, 0) is 0 Å². The van der Waals surface area contributed by atoms with Gasteiger partial charge in [0.05, 0.1) is 22.2 Å². The van der Waals surface area contributed by atoms with Crippen LogP contribution in [0.4, 0.5) is 21.8 Å². The molecule has 0 bridgehead atoms. The lowest BCUT2D eigenvalue weighted by Crippen LogP contribution is -2.30. The normalized spacial score (nSPS) is 13.5. The van der Waals surface area contributed by atoms with E-state index >= 15 is 0 Å². The molecule has 6 nitrogen and oxygen atoms in total. The van der Waals surface area contributed by atoms with Gasteiger partial charge in [0.15, 0.2) is 5.75 Å². The molecule has 0 atom stereocenters. The second-order valence-electron chi connectivity index (χ2n) is 5.26. The fourth-order valence-corrected chi connectivity index (χ4v) is 3.26. The Labute approximate surface area is 145 Å². The number of fused-ring (bicyclic) bond motifs is 2. The van der Waals surface area contributed by atoms with Crippen molar-refractivity contribution in [3.8, 4) is 5.75 Å². The molecule has 24 heavy (non-hydrogen) atoms. The van der Waals surface area contributed by atoms with Gasteiger partial charge in [-0.2, -0.15) is 4.98 Å². The van der Waals surface area contributed by atoms with Crippen LogP contribution in [-0.4, -0.2) is 23.1 Å². The van der Waals surface area contributed by atoms with Crippen LogP contribution in [0.15, 0.2) is 40.9 Å². The van der Waals surface area contributed by atoms with Crippen LogP contribution in [0.3, 0.4) is 0 Å². The molecule has 0 amide bonds. The number of hydrogen-bond donors (Lipinski definition) is 2. The predicted molar refractivity (Wildman–Crippen MR) is 93.9 cm³/mol. The van der Waals surface area contributed by atoms with E-state index in [2.05, 4.69) is 31.3 Å². The van der Waals surface area contributed by atoms with Gasteiger partial charge in [0.25, 0.3) is 0 Å². The van der Waals surface area contributed by atoms with Crippen molar-refractivity contribution in [1.82, 2.24) is 9.97 Å². The smallest absolute Gasteiger partial charge is 0.239 e. The van der Waals surface area contributed by atoms with Gasteiger partial charge in [0, 0.05) is 5.39 Å². The quantitative estimate of drug-likeness (QED) is 0.516. The first kappa shape index (κ1) is 15.1. The van der Waals surface area contributed by atoms with E-state index in [1.165, 1.54) is 12.1 Å². The molecule has 4 rings (SSSR count). The number of aromatic nitrogens is 2. The Morgan fingerprint density at radius 1 is 1.25 bits per heavy atom. The van der Waals surface area contributed by atoms with E-state index in [0.29, 0.717) is 29.9 Å². The number of nitrogens with zero attached hydrogens (tertiary/aromatic N) is 3. The molecule has 122 valence electrons. The lowest BCUT2D eigenvalue weighted by molar-refractivity contribution is 0.312. The molecular weight excluding hydrogens is 377 g/mol. The van der Waals surface area contributed by atoms with Crippen molar-refractivity contribution < 1.29 is 9.13 Å². The van der Waals surface area contributed by atoms with Crippen molar-refractivity contribution in [2.75, 3.05) is 23.5 Å². The lowest BCUT2D eigenvalue weighted by Gasteiger charge is -2.31. The van der Waals surface area contributed by atoms with Crippen LogP contribution in [0.1, 0.15) is 0 Å². The molecule has 0 radical (unpaired) electrons. The van der Waals surface area contributed by atoms with E-state index in [1.54, 1.807) is 6.07 Å². The average Bonchev–Trinajstić information content (AvgIpc) is 2.61. The van der Waals surface area contributed by atoms with Crippen LogP contribution >= 0.6 is 15.9 Å². The van der Waals surface area contributed by atoms with Crippen molar-refractivity contribution in [1.29, 1.82) is 0 Å². The number of halogens is 2. The third-order valence-electron chi connectivity index (χ3n) is 3.82. The third-order valence-corrected chi connectivity index (χ3v) is 4.45. The maximum absolute atomic E-state index is 13.8. The van der Waals surface area contributed by atoms with Gasteiger partial charge in [0.1, 0.15) is 18.2 Å². The molecule has 3 N–H and O–H groups in total. The van der Waals surface area contributed by atoms with Crippen LogP contribution in [0.25, 0.3) is 10.9 Å². The summed E-state index contributed by atoms with van der Waals surface area (Å²) < 4.78 is 20.4. The van der Waals surface area contributed by atoms with Crippen LogP contribution in [0, 0.1) is 5.82 Å². The number of nitrogens with one attached hydrogen (secondary N) is 1. The van der Waals surface area contributed by atoms with Gasteiger partial charge in [-0.25, -0.2) is 15.2 Å². The Morgan fingerprint density at radius 3 is 2.96 bits per heavy atom. The Balaban J connectivity index is 1.97. The number of hydrazine groups is 1. The van der Waals surface area contributed by atoms with E-state index in [-0.39, 0.29) is 11.8 Å². The third kappa shape index (κ3) is 2.44. The summed E-state index contributed by atoms with van der Waals surface area (Å²) in [6.07, 6.45) is 0. The number of para-hydroxylation sites is 1. The summed E-state index contributed by atoms with van der Waals surface area (Å²) >= 11 is 3.49. The van der Waals surface area contributed by atoms with E-state index in [9.17, 15) is 4.39 Å². The van der Waals surface area contributed by atoms with E-state index in [4.69, 9.17) is 10.6 Å². The minimum Gasteiger partial charge on any atom is -0.488 e. The molecule has 0 fully saturated rings. The zero-order valence-electron chi connectivity index (χ0n) is 12.5. The summed E-state index contributed by atoms with van der Waals surface area (Å²) in [5.41, 5.74) is 3.92. The van der Waals surface area contributed by atoms with Gasteiger partial charge >= 0.3 is 0 Å². The van der Waals surface area contributed by atoms with Gasteiger partial charge in [0.2, 0.25) is 5.95 Å². The molecule has 2 heterocycles. The number of anilines is 3. The monoisotopic (exact) mass is 389 g/mol. The summed E-state index contributed by atoms with van der Waals surface area (Å²) in [6.45, 7) is 1.07. The first-order valence-electron chi connectivity index (χ1n) is 7.30. The van der Waals surface area contributed by atoms with E-state index in [1.807, 2.05) is 23.1 Å². The maximum atomic E-state index is 13.8.